The van der Waals surface area contributed by atoms with E-state index in [1.807, 2.05) is 30.3 Å². The number of hydrogen-bond donors (Lipinski definition) is 1. The maximum Gasteiger partial charge on any atom is 0.325 e. The first-order valence-corrected chi connectivity index (χ1v) is 6.61. The molecule has 4 nitrogen and oxygen atoms in total. The van der Waals surface area contributed by atoms with Crippen molar-refractivity contribution in [2.75, 3.05) is 13.7 Å². The van der Waals surface area contributed by atoms with Gasteiger partial charge in [0.15, 0.2) is 0 Å². The summed E-state index contributed by atoms with van der Waals surface area (Å²) in [6.45, 7) is 0.102. The van der Waals surface area contributed by atoms with Gasteiger partial charge in [0.25, 0.3) is 0 Å². The van der Waals surface area contributed by atoms with Gasteiger partial charge in [-0.05, 0) is 17.9 Å². The largest absolute Gasteiger partial charge is 0.468 e. The SMILES string of the molecule is COC(=O)C(Cl)CNC(=O)C1CC1c1ccccc1. The van der Waals surface area contributed by atoms with E-state index in [0.717, 1.165) is 6.42 Å². The van der Waals surface area contributed by atoms with Gasteiger partial charge >= 0.3 is 5.97 Å². The third kappa shape index (κ3) is 3.47. The molecule has 1 aromatic rings. The third-order valence-corrected chi connectivity index (χ3v) is 3.60. The molecule has 1 aliphatic carbocycles. The number of carbonyl (C=O) groups excluding carboxylic acids is 2. The first-order valence-electron chi connectivity index (χ1n) is 6.18. The van der Waals surface area contributed by atoms with Crippen molar-refractivity contribution < 1.29 is 14.3 Å². The fourth-order valence-corrected chi connectivity index (χ4v) is 2.25. The van der Waals surface area contributed by atoms with E-state index in [1.54, 1.807) is 0 Å². The maximum atomic E-state index is 11.9. The van der Waals surface area contributed by atoms with Crippen molar-refractivity contribution in [2.24, 2.45) is 5.92 Å². The fourth-order valence-electron chi connectivity index (χ4n) is 2.09. The zero-order valence-corrected chi connectivity index (χ0v) is 11.4. The highest BCUT2D eigenvalue weighted by molar-refractivity contribution is 6.30. The fraction of sp³-hybridized carbons (Fsp3) is 0.429. The average Bonchev–Trinajstić information content (AvgIpc) is 3.25. The maximum absolute atomic E-state index is 11.9. The molecule has 3 atom stereocenters. The van der Waals surface area contributed by atoms with Gasteiger partial charge in [0, 0.05) is 12.5 Å². The number of hydrogen-bond acceptors (Lipinski definition) is 3. The quantitative estimate of drug-likeness (QED) is 0.660. The Bertz CT molecular complexity index is 463. The molecule has 5 heteroatoms. The van der Waals surface area contributed by atoms with Crippen LogP contribution in [0.3, 0.4) is 0 Å². The number of amides is 1. The van der Waals surface area contributed by atoms with Crippen LogP contribution in [0.15, 0.2) is 30.3 Å². The smallest absolute Gasteiger partial charge is 0.325 e. The van der Waals surface area contributed by atoms with Crippen LogP contribution in [-0.4, -0.2) is 30.9 Å². The lowest BCUT2D eigenvalue weighted by Gasteiger charge is -2.08. The van der Waals surface area contributed by atoms with Crippen molar-refractivity contribution in [3.63, 3.8) is 0 Å². The number of rotatable bonds is 5. The summed E-state index contributed by atoms with van der Waals surface area (Å²) in [6.07, 6.45) is 0.848. The molecule has 0 radical (unpaired) electrons. The summed E-state index contributed by atoms with van der Waals surface area (Å²) in [5.41, 5.74) is 1.18. The molecule has 1 N–H and O–H groups in total. The van der Waals surface area contributed by atoms with Gasteiger partial charge in [0.05, 0.1) is 7.11 Å². The van der Waals surface area contributed by atoms with Crippen LogP contribution in [0.25, 0.3) is 0 Å². The molecule has 1 aromatic carbocycles. The second-order valence-corrected chi connectivity index (χ2v) is 5.12. The Morgan fingerprint density at radius 2 is 2.11 bits per heavy atom. The van der Waals surface area contributed by atoms with Crippen LogP contribution in [0.4, 0.5) is 0 Å². The van der Waals surface area contributed by atoms with Crippen LogP contribution in [0.2, 0.25) is 0 Å². The standard InChI is InChI=1S/C14H16ClNO3/c1-19-14(18)12(15)8-16-13(17)11-7-10(11)9-5-3-2-4-6-9/h2-6,10-12H,7-8H2,1H3,(H,16,17). The van der Waals surface area contributed by atoms with Crippen LogP contribution >= 0.6 is 11.6 Å². The van der Waals surface area contributed by atoms with Gasteiger partial charge in [-0.25, -0.2) is 0 Å². The molecular weight excluding hydrogens is 266 g/mol. The van der Waals surface area contributed by atoms with Crippen molar-refractivity contribution in [1.29, 1.82) is 0 Å². The molecule has 0 aliphatic heterocycles. The summed E-state index contributed by atoms with van der Waals surface area (Å²) in [6, 6.07) is 9.94. The number of carbonyl (C=O) groups is 2. The first kappa shape index (κ1) is 13.9. The Morgan fingerprint density at radius 3 is 2.74 bits per heavy atom. The van der Waals surface area contributed by atoms with E-state index < -0.39 is 11.3 Å². The number of benzene rings is 1. The average molecular weight is 282 g/mol. The molecule has 1 amide bonds. The molecule has 0 heterocycles. The lowest BCUT2D eigenvalue weighted by molar-refractivity contribution is -0.140. The van der Waals surface area contributed by atoms with Crippen molar-refractivity contribution in [3.8, 4) is 0 Å². The van der Waals surface area contributed by atoms with E-state index in [0.29, 0.717) is 0 Å². The van der Waals surface area contributed by atoms with Crippen LogP contribution in [0.1, 0.15) is 17.9 Å². The molecule has 1 fully saturated rings. The van der Waals surface area contributed by atoms with Gasteiger partial charge in [-0.3, -0.25) is 9.59 Å². The number of alkyl halides is 1. The van der Waals surface area contributed by atoms with Crippen LogP contribution < -0.4 is 5.32 Å². The second-order valence-electron chi connectivity index (χ2n) is 4.60. The highest BCUT2D eigenvalue weighted by atomic mass is 35.5. The van der Waals surface area contributed by atoms with E-state index >= 15 is 0 Å². The highest BCUT2D eigenvalue weighted by Crippen LogP contribution is 2.47. The minimum absolute atomic E-state index is 0.0103. The lowest BCUT2D eigenvalue weighted by Crippen LogP contribution is -2.35. The van der Waals surface area contributed by atoms with Crippen molar-refractivity contribution in [3.05, 3.63) is 35.9 Å². The van der Waals surface area contributed by atoms with Gasteiger partial charge in [-0.1, -0.05) is 30.3 Å². The van der Waals surface area contributed by atoms with Gasteiger partial charge < -0.3 is 10.1 Å². The summed E-state index contributed by atoms with van der Waals surface area (Å²) >= 11 is 5.76. The van der Waals surface area contributed by atoms with Gasteiger partial charge in [0.1, 0.15) is 5.38 Å². The zero-order valence-electron chi connectivity index (χ0n) is 10.6. The molecule has 19 heavy (non-hydrogen) atoms. The molecular formula is C14H16ClNO3. The Balaban J connectivity index is 1.79. The minimum Gasteiger partial charge on any atom is -0.468 e. The predicted molar refractivity (Wildman–Crippen MR) is 72.0 cm³/mol. The topological polar surface area (TPSA) is 55.4 Å². The number of esters is 1. The summed E-state index contributed by atoms with van der Waals surface area (Å²) in [4.78, 5) is 23.0. The van der Waals surface area contributed by atoms with Crippen LogP contribution in [-0.2, 0) is 14.3 Å². The first-order chi connectivity index (χ1) is 9.13. The van der Waals surface area contributed by atoms with E-state index in [2.05, 4.69) is 10.1 Å². The summed E-state index contributed by atoms with van der Waals surface area (Å²) in [5.74, 6) is -0.308. The summed E-state index contributed by atoms with van der Waals surface area (Å²) in [7, 11) is 1.27. The van der Waals surface area contributed by atoms with Gasteiger partial charge in [0.2, 0.25) is 5.91 Å². The van der Waals surface area contributed by atoms with Crippen LogP contribution in [0, 0.1) is 5.92 Å². The molecule has 0 bridgehead atoms. The van der Waals surface area contributed by atoms with Gasteiger partial charge in [-0.15, -0.1) is 11.6 Å². The van der Waals surface area contributed by atoms with Crippen molar-refractivity contribution >= 4 is 23.5 Å². The Kier molecular flexibility index (Phi) is 4.43. The van der Waals surface area contributed by atoms with Crippen LogP contribution in [0.5, 0.6) is 0 Å². The molecule has 2 rings (SSSR count). The van der Waals surface area contributed by atoms with Crippen molar-refractivity contribution in [2.45, 2.75) is 17.7 Å². The minimum atomic E-state index is -0.831. The Morgan fingerprint density at radius 1 is 1.42 bits per heavy atom. The second kappa shape index (κ2) is 6.06. The van der Waals surface area contributed by atoms with E-state index in [4.69, 9.17) is 11.6 Å². The Hall–Kier alpha value is -1.55. The molecule has 1 saturated carbocycles. The van der Waals surface area contributed by atoms with E-state index in [-0.39, 0.29) is 24.3 Å². The van der Waals surface area contributed by atoms with Gasteiger partial charge in [-0.2, -0.15) is 0 Å². The molecule has 1 aliphatic rings. The monoisotopic (exact) mass is 281 g/mol. The third-order valence-electron chi connectivity index (χ3n) is 3.27. The number of halogens is 1. The predicted octanol–water partition coefficient (Wildman–Crippen LogP) is 1.69. The van der Waals surface area contributed by atoms with E-state index in [1.165, 1.54) is 12.7 Å². The molecule has 0 aromatic heterocycles. The highest BCUT2D eigenvalue weighted by Gasteiger charge is 2.43. The zero-order chi connectivity index (χ0) is 13.8. The molecule has 0 saturated heterocycles. The number of methoxy groups -OCH3 is 1. The van der Waals surface area contributed by atoms with E-state index in [9.17, 15) is 9.59 Å². The number of ether oxygens (including phenoxy) is 1. The molecule has 102 valence electrons. The summed E-state index contributed by atoms with van der Waals surface area (Å²) in [5, 5.41) is 1.86. The Labute approximate surface area is 117 Å². The normalized spacial score (nSPS) is 22.4. The number of nitrogens with one attached hydrogen (secondary N) is 1. The molecule has 3 unspecified atom stereocenters. The summed E-state index contributed by atoms with van der Waals surface area (Å²) < 4.78 is 4.49. The van der Waals surface area contributed by atoms with Crippen molar-refractivity contribution in [1.82, 2.24) is 5.32 Å². The molecule has 0 spiro atoms. The lowest BCUT2D eigenvalue weighted by atomic mass is 10.1.